The van der Waals surface area contributed by atoms with Crippen molar-refractivity contribution in [2.45, 2.75) is 46.0 Å². The first-order chi connectivity index (χ1) is 9.61. The van der Waals surface area contributed by atoms with E-state index >= 15 is 0 Å². The topological polar surface area (TPSA) is 69.2 Å². The van der Waals surface area contributed by atoms with Gasteiger partial charge in [-0.15, -0.1) is 0 Å². The molecule has 0 saturated carbocycles. The fourth-order valence-electron chi connectivity index (χ4n) is 2.98. The van der Waals surface area contributed by atoms with Crippen LogP contribution in [0.3, 0.4) is 0 Å². The number of aryl methyl sites for hydroxylation is 2. The molecule has 2 heterocycles. The molecule has 0 spiro atoms. The fraction of sp³-hybridized carbons (Fsp3) is 0.733. The van der Waals surface area contributed by atoms with Gasteiger partial charge in [0.05, 0.1) is 12.1 Å². The molecule has 1 unspecified atom stereocenters. The number of hydrogen-bond donors (Lipinski definition) is 2. The Morgan fingerprint density at radius 3 is 2.85 bits per heavy atom. The van der Waals surface area contributed by atoms with Gasteiger partial charge in [0.1, 0.15) is 0 Å². The first-order valence-corrected chi connectivity index (χ1v) is 7.51. The summed E-state index contributed by atoms with van der Waals surface area (Å²) in [7, 11) is 0. The maximum absolute atomic E-state index is 12.4. The molecule has 1 aliphatic rings. The smallest absolute Gasteiger partial charge is 0.227 e. The number of amides is 1. The molecule has 5 heteroatoms. The van der Waals surface area contributed by atoms with Crippen molar-refractivity contribution in [2.75, 3.05) is 19.7 Å². The minimum Gasteiger partial charge on any atom is -0.396 e. The zero-order valence-electron chi connectivity index (χ0n) is 12.5. The third-order valence-electron chi connectivity index (χ3n) is 4.35. The van der Waals surface area contributed by atoms with Crippen LogP contribution >= 0.6 is 0 Å². The maximum atomic E-state index is 12.4. The molecule has 1 fully saturated rings. The minimum atomic E-state index is 0.197. The van der Waals surface area contributed by atoms with Crippen molar-refractivity contribution < 1.29 is 9.90 Å². The zero-order chi connectivity index (χ0) is 14.5. The van der Waals surface area contributed by atoms with Crippen molar-refractivity contribution in [3.05, 3.63) is 17.0 Å². The Morgan fingerprint density at radius 1 is 1.40 bits per heavy atom. The van der Waals surface area contributed by atoms with E-state index in [1.54, 1.807) is 0 Å². The summed E-state index contributed by atoms with van der Waals surface area (Å²) in [5.41, 5.74) is 2.94. The quantitative estimate of drug-likeness (QED) is 0.879. The number of carbonyl (C=O) groups is 1. The third-order valence-corrected chi connectivity index (χ3v) is 4.35. The molecule has 2 rings (SSSR count). The van der Waals surface area contributed by atoms with E-state index < -0.39 is 0 Å². The molecule has 1 aromatic rings. The van der Waals surface area contributed by atoms with E-state index in [9.17, 15) is 4.79 Å². The molecular formula is C15H25N3O2. The zero-order valence-corrected chi connectivity index (χ0v) is 12.5. The van der Waals surface area contributed by atoms with E-state index in [0.29, 0.717) is 12.3 Å². The van der Waals surface area contributed by atoms with Gasteiger partial charge in [-0.1, -0.05) is 0 Å². The van der Waals surface area contributed by atoms with Gasteiger partial charge in [-0.05, 0) is 45.4 Å². The van der Waals surface area contributed by atoms with E-state index in [2.05, 4.69) is 10.2 Å². The van der Waals surface area contributed by atoms with Crippen LogP contribution in [0.2, 0.25) is 0 Å². The predicted octanol–water partition coefficient (Wildman–Crippen LogP) is 1.58. The lowest BCUT2D eigenvalue weighted by Crippen LogP contribution is -2.33. The summed E-state index contributed by atoms with van der Waals surface area (Å²) < 4.78 is 0. The SMILES string of the molecule is Cc1n[nH]c(C)c1CC(=O)N1CCCC(CCO)CC1. The monoisotopic (exact) mass is 279 g/mol. The molecule has 1 saturated heterocycles. The van der Waals surface area contributed by atoms with Crippen molar-refractivity contribution in [1.29, 1.82) is 0 Å². The number of aromatic amines is 1. The normalized spacial score (nSPS) is 19.9. The lowest BCUT2D eigenvalue weighted by atomic mass is 9.98. The van der Waals surface area contributed by atoms with Gasteiger partial charge in [0.15, 0.2) is 0 Å². The number of carbonyl (C=O) groups excluding carboxylic acids is 1. The van der Waals surface area contributed by atoms with Crippen molar-refractivity contribution in [3.63, 3.8) is 0 Å². The highest BCUT2D eigenvalue weighted by atomic mass is 16.3. The van der Waals surface area contributed by atoms with Crippen LogP contribution in [0.25, 0.3) is 0 Å². The van der Waals surface area contributed by atoms with E-state index in [1.807, 2.05) is 18.7 Å². The Bertz CT molecular complexity index is 436. The summed E-state index contributed by atoms with van der Waals surface area (Å²) in [5, 5.41) is 16.1. The predicted molar refractivity (Wildman–Crippen MR) is 77.4 cm³/mol. The van der Waals surface area contributed by atoms with E-state index in [0.717, 1.165) is 55.7 Å². The summed E-state index contributed by atoms with van der Waals surface area (Å²) in [6, 6.07) is 0. The second kappa shape index (κ2) is 6.88. The number of aliphatic hydroxyl groups excluding tert-OH is 1. The van der Waals surface area contributed by atoms with Gasteiger partial charge in [-0.2, -0.15) is 5.10 Å². The number of H-pyrrole nitrogens is 1. The third kappa shape index (κ3) is 3.60. The number of hydrogen-bond acceptors (Lipinski definition) is 3. The second-order valence-corrected chi connectivity index (χ2v) is 5.78. The average Bonchev–Trinajstić information content (AvgIpc) is 2.66. The van der Waals surface area contributed by atoms with Crippen LogP contribution in [0, 0.1) is 19.8 Å². The first kappa shape index (κ1) is 15.0. The highest BCUT2D eigenvalue weighted by Crippen LogP contribution is 2.21. The molecule has 0 radical (unpaired) electrons. The van der Waals surface area contributed by atoms with Crippen molar-refractivity contribution in [2.24, 2.45) is 5.92 Å². The van der Waals surface area contributed by atoms with Gasteiger partial charge in [0.25, 0.3) is 0 Å². The maximum Gasteiger partial charge on any atom is 0.227 e. The Hall–Kier alpha value is -1.36. The molecule has 0 aromatic carbocycles. The molecule has 1 aromatic heterocycles. The summed E-state index contributed by atoms with van der Waals surface area (Å²) in [6.45, 7) is 5.82. The number of likely N-dealkylation sites (tertiary alicyclic amines) is 1. The van der Waals surface area contributed by atoms with E-state index in [-0.39, 0.29) is 12.5 Å². The molecule has 1 aliphatic heterocycles. The Labute approximate surface area is 120 Å². The van der Waals surface area contributed by atoms with Crippen molar-refractivity contribution >= 4 is 5.91 Å². The fourth-order valence-corrected chi connectivity index (χ4v) is 2.98. The molecule has 0 bridgehead atoms. The first-order valence-electron chi connectivity index (χ1n) is 7.51. The van der Waals surface area contributed by atoms with Gasteiger partial charge in [-0.25, -0.2) is 0 Å². The Balaban J connectivity index is 1.93. The van der Waals surface area contributed by atoms with Crippen LogP contribution < -0.4 is 0 Å². The van der Waals surface area contributed by atoms with Gasteiger partial charge in [0.2, 0.25) is 5.91 Å². The lowest BCUT2D eigenvalue weighted by molar-refractivity contribution is -0.130. The average molecular weight is 279 g/mol. The Morgan fingerprint density at radius 2 is 2.20 bits per heavy atom. The summed E-state index contributed by atoms with van der Waals surface area (Å²) >= 11 is 0. The lowest BCUT2D eigenvalue weighted by Gasteiger charge is -2.20. The van der Waals surface area contributed by atoms with Crippen LogP contribution in [0.4, 0.5) is 0 Å². The van der Waals surface area contributed by atoms with Crippen LogP contribution in [0.15, 0.2) is 0 Å². The second-order valence-electron chi connectivity index (χ2n) is 5.78. The minimum absolute atomic E-state index is 0.197. The summed E-state index contributed by atoms with van der Waals surface area (Å²) in [5.74, 6) is 0.762. The van der Waals surface area contributed by atoms with E-state index in [1.165, 1.54) is 0 Å². The standard InChI is InChI=1S/C15H25N3O2/c1-11-14(12(2)17-16-11)10-15(20)18-7-3-4-13(5-8-18)6-9-19/h13,19H,3-10H2,1-2H3,(H,16,17). The molecule has 1 atom stereocenters. The summed E-state index contributed by atoms with van der Waals surface area (Å²) in [4.78, 5) is 14.4. The molecule has 20 heavy (non-hydrogen) atoms. The number of aliphatic hydroxyl groups is 1. The van der Waals surface area contributed by atoms with E-state index in [4.69, 9.17) is 5.11 Å². The number of aromatic nitrogens is 2. The Kier molecular flexibility index (Phi) is 5.17. The number of rotatable bonds is 4. The molecule has 112 valence electrons. The van der Waals surface area contributed by atoms with Crippen LogP contribution in [0.5, 0.6) is 0 Å². The molecule has 1 amide bonds. The molecule has 0 aliphatic carbocycles. The summed E-state index contributed by atoms with van der Waals surface area (Å²) in [6.07, 6.45) is 4.48. The van der Waals surface area contributed by atoms with Crippen LogP contribution in [0.1, 0.15) is 42.6 Å². The molecule has 2 N–H and O–H groups in total. The highest BCUT2D eigenvalue weighted by molar-refractivity contribution is 5.79. The van der Waals surface area contributed by atoms with Crippen LogP contribution in [-0.4, -0.2) is 45.8 Å². The molecular weight excluding hydrogens is 254 g/mol. The van der Waals surface area contributed by atoms with Crippen molar-refractivity contribution in [3.8, 4) is 0 Å². The molecule has 5 nitrogen and oxygen atoms in total. The van der Waals surface area contributed by atoms with Gasteiger partial charge < -0.3 is 10.0 Å². The number of nitrogens with one attached hydrogen (secondary N) is 1. The van der Waals surface area contributed by atoms with Gasteiger partial charge in [-0.3, -0.25) is 9.89 Å². The number of nitrogens with zero attached hydrogens (tertiary/aromatic N) is 2. The van der Waals surface area contributed by atoms with Crippen LogP contribution in [-0.2, 0) is 11.2 Å². The van der Waals surface area contributed by atoms with Crippen molar-refractivity contribution in [1.82, 2.24) is 15.1 Å². The largest absolute Gasteiger partial charge is 0.396 e. The van der Waals surface area contributed by atoms with Gasteiger partial charge >= 0.3 is 0 Å². The highest BCUT2D eigenvalue weighted by Gasteiger charge is 2.21. The van der Waals surface area contributed by atoms with Gasteiger partial charge in [0, 0.05) is 31.0 Å².